The molecule has 2 unspecified atom stereocenters. The van der Waals surface area contributed by atoms with Crippen LogP contribution in [-0.4, -0.2) is 28.8 Å². The van der Waals surface area contributed by atoms with Gasteiger partial charge < -0.3 is 15.5 Å². The fourth-order valence-electron chi connectivity index (χ4n) is 1.27. The number of benzene rings is 1. The van der Waals surface area contributed by atoms with Gasteiger partial charge in [0.2, 0.25) is 0 Å². The maximum absolute atomic E-state index is 10.6. The van der Waals surface area contributed by atoms with Gasteiger partial charge in [-0.3, -0.25) is 0 Å². The minimum absolute atomic E-state index is 0.126. The highest BCUT2D eigenvalue weighted by Gasteiger charge is 2.10. The highest BCUT2D eigenvalue weighted by Crippen LogP contribution is 2.13. The van der Waals surface area contributed by atoms with Crippen molar-refractivity contribution in [2.24, 2.45) is 5.92 Å². The lowest BCUT2D eigenvalue weighted by atomic mass is 10.0. The van der Waals surface area contributed by atoms with E-state index in [9.17, 15) is 4.79 Å². The van der Waals surface area contributed by atoms with Crippen LogP contribution in [0.25, 0.3) is 0 Å². The van der Waals surface area contributed by atoms with E-state index in [-0.39, 0.29) is 24.1 Å². The number of aliphatic hydroxyl groups is 1. The molecule has 0 aliphatic rings. The van der Waals surface area contributed by atoms with Crippen LogP contribution in [0.4, 0.5) is 5.69 Å². The number of anilines is 1. The predicted octanol–water partition coefficient (Wildman–Crippen LogP) is 1.81. The molecule has 0 saturated carbocycles. The first-order chi connectivity index (χ1) is 7.54. The van der Waals surface area contributed by atoms with Gasteiger partial charge in [-0.15, -0.1) is 0 Å². The summed E-state index contributed by atoms with van der Waals surface area (Å²) in [6.45, 7) is 4.05. The Bertz CT molecular complexity index is 348. The molecule has 1 aromatic rings. The number of carboxylic acid groups (broad SMARTS) is 1. The molecule has 1 aromatic carbocycles. The summed E-state index contributed by atoms with van der Waals surface area (Å²) in [4.78, 5) is 10.6. The molecular formula is C12H17NO3. The fourth-order valence-corrected chi connectivity index (χ4v) is 1.27. The van der Waals surface area contributed by atoms with Gasteiger partial charge in [-0.2, -0.15) is 0 Å². The molecule has 0 heterocycles. The van der Waals surface area contributed by atoms with Crippen molar-refractivity contribution in [3.63, 3.8) is 0 Å². The Kier molecular flexibility index (Phi) is 4.31. The molecular weight excluding hydrogens is 206 g/mol. The Hall–Kier alpha value is -1.55. The van der Waals surface area contributed by atoms with E-state index >= 15 is 0 Å². The summed E-state index contributed by atoms with van der Waals surface area (Å²) in [5, 5.41) is 20.9. The number of nitrogens with one attached hydrogen (secondary N) is 1. The van der Waals surface area contributed by atoms with Gasteiger partial charge in [-0.05, 0) is 37.1 Å². The first kappa shape index (κ1) is 12.5. The third-order valence-corrected chi connectivity index (χ3v) is 2.67. The molecule has 88 valence electrons. The molecule has 0 saturated heterocycles. The number of carbonyl (C=O) groups is 1. The van der Waals surface area contributed by atoms with Crippen LogP contribution in [0.5, 0.6) is 0 Å². The van der Waals surface area contributed by atoms with E-state index in [1.54, 1.807) is 24.3 Å². The highest BCUT2D eigenvalue weighted by molar-refractivity contribution is 5.87. The zero-order chi connectivity index (χ0) is 12.1. The summed E-state index contributed by atoms with van der Waals surface area (Å²) in [6.07, 6.45) is 0. The van der Waals surface area contributed by atoms with Gasteiger partial charge in [-0.1, -0.05) is 6.92 Å². The summed E-state index contributed by atoms with van der Waals surface area (Å²) >= 11 is 0. The number of hydrogen-bond donors (Lipinski definition) is 3. The summed E-state index contributed by atoms with van der Waals surface area (Å²) in [5.74, 6) is -0.775. The Balaban J connectivity index is 2.65. The number of carboxylic acids is 1. The van der Waals surface area contributed by atoms with Crippen LogP contribution in [0.2, 0.25) is 0 Å². The number of aromatic carboxylic acids is 1. The van der Waals surface area contributed by atoms with Crippen molar-refractivity contribution in [1.29, 1.82) is 0 Å². The van der Waals surface area contributed by atoms with Crippen molar-refractivity contribution in [3.8, 4) is 0 Å². The zero-order valence-corrected chi connectivity index (χ0v) is 9.47. The first-order valence-electron chi connectivity index (χ1n) is 5.25. The van der Waals surface area contributed by atoms with E-state index in [1.165, 1.54) is 0 Å². The molecule has 0 fully saturated rings. The summed E-state index contributed by atoms with van der Waals surface area (Å²) in [6, 6.07) is 6.71. The number of hydrogen-bond acceptors (Lipinski definition) is 3. The molecule has 4 nitrogen and oxygen atoms in total. The van der Waals surface area contributed by atoms with Gasteiger partial charge in [0.25, 0.3) is 0 Å². The van der Waals surface area contributed by atoms with Crippen LogP contribution in [0, 0.1) is 5.92 Å². The zero-order valence-electron chi connectivity index (χ0n) is 9.47. The van der Waals surface area contributed by atoms with Crippen LogP contribution in [0.1, 0.15) is 24.2 Å². The lowest BCUT2D eigenvalue weighted by molar-refractivity contribution is 0.0697. The SMILES string of the molecule is CC(CO)C(C)Nc1ccc(C(=O)O)cc1. The van der Waals surface area contributed by atoms with Gasteiger partial charge in [-0.25, -0.2) is 4.79 Å². The molecule has 0 radical (unpaired) electrons. The summed E-state index contributed by atoms with van der Waals surface area (Å²) < 4.78 is 0. The number of aliphatic hydroxyl groups excluding tert-OH is 1. The van der Waals surface area contributed by atoms with Crippen molar-refractivity contribution in [3.05, 3.63) is 29.8 Å². The van der Waals surface area contributed by atoms with Gasteiger partial charge in [0.1, 0.15) is 0 Å². The molecule has 0 aliphatic heterocycles. The quantitative estimate of drug-likeness (QED) is 0.712. The van der Waals surface area contributed by atoms with E-state index in [1.807, 2.05) is 13.8 Å². The fraction of sp³-hybridized carbons (Fsp3) is 0.417. The second kappa shape index (κ2) is 5.51. The Morgan fingerprint density at radius 3 is 2.31 bits per heavy atom. The highest BCUT2D eigenvalue weighted by atomic mass is 16.4. The monoisotopic (exact) mass is 223 g/mol. The maximum atomic E-state index is 10.6. The van der Waals surface area contributed by atoms with Gasteiger partial charge in [0, 0.05) is 18.3 Å². The molecule has 1 rings (SSSR count). The van der Waals surface area contributed by atoms with E-state index in [0.717, 1.165) is 5.69 Å². The number of rotatable bonds is 5. The summed E-state index contributed by atoms with van der Waals surface area (Å²) in [5.41, 5.74) is 1.13. The lowest BCUT2D eigenvalue weighted by Gasteiger charge is -2.20. The lowest BCUT2D eigenvalue weighted by Crippen LogP contribution is -2.26. The molecule has 16 heavy (non-hydrogen) atoms. The van der Waals surface area contributed by atoms with Crippen LogP contribution in [0.3, 0.4) is 0 Å². The van der Waals surface area contributed by atoms with E-state index in [2.05, 4.69) is 5.32 Å². The van der Waals surface area contributed by atoms with Crippen LogP contribution < -0.4 is 5.32 Å². The van der Waals surface area contributed by atoms with Gasteiger partial charge in [0.05, 0.1) is 5.56 Å². The minimum atomic E-state index is -0.927. The molecule has 2 atom stereocenters. The Morgan fingerprint density at radius 1 is 1.31 bits per heavy atom. The molecule has 3 N–H and O–H groups in total. The Labute approximate surface area is 94.9 Å². The average Bonchev–Trinajstić information content (AvgIpc) is 2.28. The average molecular weight is 223 g/mol. The van der Waals surface area contributed by atoms with Gasteiger partial charge in [0.15, 0.2) is 0 Å². The van der Waals surface area contributed by atoms with Crippen molar-refractivity contribution >= 4 is 11.7 Å². The van der Waals surface area contributed by atoms with E-state index in [0.29, 0.717) is 0 Å². The normalized spacial score (nSPS) is 14.2. The maximum Gasteiger partial charge on any atom is 0.335 e. The second-order valence-corrected chi connectivity index (χ2v) is 3.98. The third-order valence-electron chi connectivity index (χ3n) is 2.67. The minimum Gasteiger partial charge on any atom is -0.478 e. The van der Waals surface area contributed by atoms with Gasteiger partial charge >= 0.3 is 5.97 Å². The van der Waals surface area contributed by atoms with Crippen LogP contribution in [-0.2, 0) is 0 Å². The molecule has 0 aliphatic carbocycles. The molecule has 4 heteroatoms. The van der Waals surface area contributed by atoms with Crippen molar-refractivity contribution < 1.29 is 15.0 Å². The molecule has 0 spiro atoms. The van der Waals surface area contributed by atoms with Crippen molar-refractivity contribution in [2.45, 2.75) is 19.9 Å². The molecule has 0 aromatic heterocycles. The second-order valence-electron chi connectivity index (χ2n) is 3.98. The topological polar surface area (TPSA) is 69.6 Å². The standard InChI is InChI=1S/C12H17NO3/c1-8(7-14)9(2)13-11-5-3-10(4-6-11)12(15)16/h3-6,8-9,13-14H,7H2,1-2H3,(H,15,16). The third kappa shape index (κ3) is 3.24. The smallest absolute Gasteiger partial charge is 0.335 e. The van der Waals surface area contributed by atoms with E-state index in [4.69, 9.17) is 10.2 Å². The largest absolute Gasteiger partial charge is 0.478 e. The Morgan fingerprint density at radius 2 is 1.88 bits per heavy atom. The predicted molar refractivity (Wildman–Crippen MR) is 62.7 cm³/mol. The molecule has 0 bridgehead atoms. The first-order valence-corrected chi connectivity index (χ1v) is 5.25. The van der Waals surface area contributed by atoms with E-state index < -0.39 is 5.97 Å². The summed E-state index contributed by atoms with van der Waals surface area (Å²) in [7, 11) is 0. The van der Waals surface area contributed by atoms with Crippen molar-refractivity contribution in [2.75, 3.05) is 11.9 Å². The van der Waals surface area contributed by atoms with Crippen LogP contribution >= 0.6 is 0 Å². The van der Waals surface area contributed by atoms with Crippen molar-refractivity contribution in [1.82, 2.24) is 0 Å². The molecule has 0 amide bonds. The van der Waals surface area contributed by atoms with Crippen LogP contribution in [0.15, 0.2) is 24.3 Å².